The minimum absolute atomic E-state index is 0.531. The maximum absolute atomic E-state index is 9.95. The van der Waals surface area contributed by atoms with Gasteiger partial charge in [0, 0.05) is 0 Å². The predicted molar refractivity (Wildman–Crippen MR) is 77.2 cm³/mol. The third-order valence-corrected chi connectivity index (χ3v) is 5.55. The number of hydrogen-bond acceptors (Lipinski definition) is 1. The van der Waals surface area contributed by atoms with Gasteiger partial charge in [-0.25, -0.2) is 0 Å². The molecule has 0 bridgehead atoms. The second-order valence-electron chi connectivity index (χ2n) is 4.65. The van der Waals surface area contributed by atoms with E-state index in [4.69, 9.17) is 0 Å². The minimum atomic E-state index is -0.857. The molecular formula is C16H18OSe. The number of aliphatic hydroxyl groups is 1. The number of hydrogen-bond donors (Lipinski definition) is 1. The van der Waals surface area contributed by atoms with E-state index in [0.29, 0.717) is 21.4 Å². The van der Waals surface area contributed by atoms with Crippen molar-refractivity contribution in [2.45, 2.75) is 37.6 Å². The Kier molecular flexibility index (Phi) is 4.30. The summed E-state index contributed by atoms with van der Waals surface area (Å²) in [6, 6.07) is 10.5. The Hall–Kier alpha value is -1.00. The van der Waals surface area contributed by atoms with Crippen LogP contribution in [0.5, 0.6) is 0 Å². The quantitative estimate of drug-likeness (QED) is 0.657. The van der Waals surface area contributed by atoms with Gasteiger partial charge < -0.3 is 0 Å². The molecule has 0 fully saturated rings. The van der Waals surface area contributed by atoms with Crippen LogP contribution >= 0.6 is 0 Å². The van der Waals surface area contributed by atoms with E-state index in [9.17, 15) is 5.11 Å². The molecule has 0 saturated carbocycles. The molecule has 0 aromatic heterocycles. The molecule has 2 heteroatoms. The van der Waals surface area contributed by atoms with Crippen molar-refractivity contribution in [3.8, 4) is 11.8 Å². The SMILES string of the molecule is CCC(C)(O)C#CC1=C(c2ccccc2)[Se]CC1. The van der Waals surface area contributed by atoms with E-state index >= 15 is 0 Å². The molecule has 18 heavy (non-hydrogen) atoms. The summed E-state index contributed by atoms with van der Waals surface area (Å²) in [7, 11) is 0. The maximum atomic E-state index is 9.95. The normalized spacial score (nSPS) is 18.2. The number of benzene rings is 1. The Morgan fingerprint density at radius 2 is 2.06 bits per heavy atom. The zero-order chi connectivity index (χ0) is 13.0. The van der Waals surface area contributed by atoms with E-state index in [-0.39, 0.29) is 0 Å². The first-order valence-electron chi connectivity index (χ1n) is 6.29. The topological polar surface area (TPSA) is 20.2 Å². The Labute approximate surface area is 115 Å². The summed E-state index contributed by atoms with van der Waals surface area (Å²) in [4.78, 5) is 0. The van der Waals surface area contributed by atoms with Crippen molar-refractivity contribution in [1.82, 2.24) is 0 Å². The summed E-state index contributed by atoms with van der Waals surface area (Å²) in [6.07, 6.45) is 1.73. The number of rotatable bonds is 2. The van der Waals surface area contributed by atoms with Crippen LogP contribution in [-0.4, -0.2) is 25.7 Å². The average Bonchev–Trinajstić information content (AvgIpc) is 2.86. The van der Waals surface area contributed by atoms with E-state index in [1.165, 1.54) is 20.9 Å². The summed E-state index contributed by atoms with van der Waals surface area (Å²) in [5.41, 5.74) is 1.68. The van der Waals surface area contributed by atoms with Gasteiger partial charge in [-0.2, -0.15) is 0 Å². The van der Waals surface area contributed by atoms with Crippen molar-refractivity contribution in [3.63, 3.8) is 0 Å². The Morgan fingerprint density at radius 1 is 1.33 bits per heavy atom. The first kappa shape index (κ1) is 13.4. The second kappa shape index (κ2) is 5.76. The van der Waals surface area contributed by atoms with Crippen LogP contribution in [0, 0.1) is 11.8 Å². The zero-order valence-corrected chi connectivity index (χ0v) is 12.6. The van der Waals surface area contributed by atoms with Gasteiger partial charge in [-0.1, -0.05) is 0 Å². The third kappa shape index (κ3) is 3.27. The molecule has 1 atom stereocenters. The van der Waals surface area contributed by atoms with Gasteiger partial charge in [0.25, 0.3) is 0 Å². The monoisotopic (exact) mass is 306 g/mol. The molecule has 1 aromatic carbocycles. The standard InChI is InChI=1S/C16H18OSe/c1-3-16(2,17)11-9-14-10-12-18-15(14)13-7-5-4-6-8-13/h4-8,17H,3,10,12H2,1-2H3. The van der Waals surface area contributed by atoms with Gasteiger partial charge in [0.05, 0.1) is 0 Å². The molecule has 1 nitrogen and oxygen atoms in total. The molecule has 0 radical (unpaired) electrons. The molecule has 0 saturated heterocycles. The van der Waals surface area contributed by atoms with Crippen molar-refractivity contribution in [3.05, 3.63) is 41.5 Å². The van der Waals surface area contributed by atoms with E-state index in [0.717, 1.165) is 6.42 Å². The number of allylic oxidation sites excluding steroid dienone is 1. The molecule has 1 N–H and O–H groups in total. The van der Waals surface area contributed by atoms with E-state index in [2.05, 4.69) is 36.1 Å². The Balaban J connectivity index is 2.31. The first-order valence-corrected chi connectivity index (χ1v) is 8.36. The van der Waals surface area contributed by atoms with Gasteiger partial charge in [0.2, 0.25) is 0 Å². The van der Waals surface area contributed by atoms with Crippen LogP contribution < -0.4 is 0 Å². The van der Waals surface area contributed by atoms with Crippen LogP contribution in [0.2, 0.25) is 5.32 Å². The molecule has 1 aliphatic rings. The van der Waals surface area contributed by atoms with Gasteiger partial charge in [-0.3, -0.25) is 0 Å². The van der Waals surface area contributed by atoms with Gasteiger partial charge in [0.15, 0.2) is 0 Å². The summed E-state index contributed by atoms with van der Waals surface area (Å²) in [6.45, 7) is 3.74. The zero-order valence-electron chi connectivity index (χ0n) is 10.9. The van der Waals surface area contributed by atoms with E-state index < -0.39 is 5.60 Å². The first-order chi connectivity index (χ1) is 8.62. The molecule has 1 aromatic rings. The molecule has 0 amide bonds. The second-order valence-corrected chi connectivity index (χ2v) is 6.97. The summed E-state index contributed by atoms with van der Waals surface area (Å²) < 4.78 is 1.42. The summed E-state index contributed by atoms with van der Waals surface area (Å²) in [5.74, 6) is 6.22. The fraction of sp³-hybridized carbons (Fsp3) is 0.375. The van der Waals surface area contributed by atoms with Crippen molar-refractivity contribution < 1.29 is 5.11 Å². The van der Waals surface area contributed by atoms with Crippen LogP contribution in [0.25, 0.3) is 4.47 Å². The van der Waals surface area contributed by atoms with Crippen molar-refractivity contribution in [2.24, 2.45) is 0 Å². The van der Waals surface area contributed by atoms with E-state index in [1.807, 2.05) is 13.0 Å². The van der Waals surface area contributed by atoms with Gasteiger partial charge in [-0.15, -0.1) is 0 Å². The molecule has 0 aliphatic carbocycles. The molecule has 0 spiro atoms. The molecule has 2 rings (SSSR count). The van der Waals surface area contributed by atoms with Gasteiger partial charge in [-0.05, 0) is 0 Å². The molecule has 1 unspecified atom stereocenters. The average molecular weight is 305 g/mol. The van der Waals surface area contributed by atoms with Crippen molar-refractivity contribution in [1.29, 1.82) is 0 Å². The fourth-order valence-corrected chi connectivity index (χ4v) is 4.11. The van der Waals surface area contributed by atoms with Crippen molar-refractivity contribution >= 4 is 19.4 Å². The molecule has 1 aliphatic heterocycles. The molecule has 1 heterocycles. The van der Waals surface area contributed by atoms with Crippen LogP contribution in [0.15, 0.2) is 35.9 Å². The van der Waals surface area contributed by atoms with Crippen LogP contribution in [0.1, 0.15) is 32.3 Å². The van der Waals surface area contributed by atoms with Crippen LogP contribution in [0.3, 0.4) is 0 Å². The predicted octanol–water partition coefficient (Wildman–Crippen LogP) is 3.09. The fourth-order valence-electron chi connectivity index (χ4n) is 1.72. The molecular weight excluding hydrogens is 287 g/mol. The molecule has 94 valence electrons. The van der Waals surface area contributed by atoms with Gasteiger partial charge in [0.1, 0.15) is 0 Å². The van der Waals surface area contributed by atoms with Crippen LogP contribution in [-0.2, 0) is 0 Å². The Morgan fingerprint density at radius 3 is 2.72 bits per heavy atom. The summed E-state index contributed by atoms with van der Waals surface area (Å²) in [5, 5.41) is 11.2. The van der Waals surface area contributed by atoms with E-state index in [1.54, 1.807) is 6.92 Å². The third-order valence-electron chi connectivity index (χ3n) is 3.08. The van der Waals surface area contributed by atoms with Gasteiger partial charge >= 0.3 is 115 Å². The summed E-state index contributed by atoms with van der Waals surface area (Å²) >= 11 is 0.531. The van der Waals surface area contributed by atoms with Crippen molar-refractivity contribution in [2.75, 3.05) is 0 Å². The Bertz CT molecular complexity index is 503. The van der Waals surface area contributed by atoms with Crippen LogP contribution in [0.4, 0.5) is 0 Å².